The van der Waals surface area contributed by atoms with E-state index in [1.807, 2.05) is 115 Å². The molecule has 0 N–H and O–H groups in total. The van der Waals surface area contributed by atoms with Crippen LogP contribution < -0.4 is 14.4 Å². The molecule has 0 atom stereocenters. The molecule has 0 spiro atoms. The molecule has 0 amide bonds. The number of ether oxygens (including phenoxy) is 2. The average molecular weight is 595 g/mol. The van der Waals surface area contributed by atoms with Crippen molar-refractivity contribution in [1.29, 1.82) is 0 Å². The van der Waals surface area contributed by atoms with Crippen LogP contribution in [0.1, 0.15) is 0 Å². The molecule has 0 aliphatic carbocycles. The third-order valence-electron chi connectivity index (χ3n) is 8.48. The van der Waals surface area contributed by atoms with Crippen LogP contribution in [0.2, 0.25) is 0 Å². The summed E-state index contributed by atoms with van der Waals surface area (Å²) >= 11 is 0. The summed E-state index contributed by atoms with van der Waals surface area (Å²) < 4.78 is 19.6. The van der Waals surface area contributed by atoms with Gasteiger partial charge in [-0.2, -0.15) is 0 Å². The van der Waals surface area contributed by atoms with E-state index < -0.39 is 0 Å². The molecule has 7 nitrogen and oxygen atoms in total. The first-order chi connectivity index (χ1) is 22.8. The maximum atomic E-state index is 6.70. The number of aromatic nitrogens is 3. The Morgan fingerprint density at radius 1 is 0.457 bits per heavy atom. The minimum atomic E-state index is 0.570. The van der Waals surface area contributed by atoms with E-state index in [4.69, 9.17) is 28.8 Å². The minimum absolute atomic E-state index is 0.570. The maximum Gasteiger partial charge on any atom is 0.167 e. The normalized spacial score (nSPS) is 12.7. The van der Waals surface area contributed by atoms with Gasteiger partial charge in [-0.3, -0.25) is 4.90 Å². The first kappa shape index (κ1) is 24.9. The first-order valence-corrected chi connectivity index (χ1v) is 15.0. The largest absolute Gasteiger partial charge is 0.456 e. The molecule has 8 aromatic rings. The smallest absolute Gasteiger partial charge is 0.167 e. The fourth-order valence-corrected chi connectivity index (χ4v) is 6.39. The summed E-state index contributed by atoms with van der Waals surface area (Å²) in [5.74, 6) is 4.67. The van der Waals surface area contributed by atoms with E-state index in [0.717, 1.165) is 61.6 Å². The van der Waals surface area contributed by atoms with Gasteiger partial charge in [-0.05, 0) is 42.5 Å². The summed E-state index contributed by atoms with van der Waals surface area (Å²) in [5.41, 5.74) is 6.82. The topological polar surface area (TPSA) is 73.5 Å². The second-order valence-electron chi connectivity index (χ2n) is 11.3. The van der Waals surface area contributed by atoms with Gasteiger partial charge < -0.3 is 13.9 Å². The molecular weight excluding hydrogens is 572 g/mol. The van der Waals surface area contributed by atoms with Crippen LogP contribution in [-0.2, 0) is 0 Å². The molecule has 4 heterocycles. The Hall–Kier alpha value is -6.47. The van der Waals surface area contributed by atoms with Crippen molar-refractivity contribution in [2.75, 3.05) is 4.90 Å². The fraction of sp³-hybridized carbons (Fsp3) is 0. The Bertz CT molecular complexity index is 2420. The summed E-state index contributed by atoms with van der Waals surface area (Å²) in [6.45, 7) is 0. The van der Waals surface area contributed by atoms with Gasteiger partial charge in [0.05, 0.1) is 16.8 Å². The lowest BCUT2D eigenvalue weighted by molar-refractivity contribution is 0.449. The molecule has 2 aromatic heterocycles. The summed E-state index contributed by atoms with van der Waals surface area (Å²) in [4.78, 5) is 17.0. The van der Waals surface area contributed by atoms with Gasteiger partial charge in [-0.25, -0.2) is 15.0 Å². The Morgan fingerprint density at radius 3 is 1.67 bits per heavy atom. The van der Waals surface area contributed by atoms with E-state index in [1.165, 1.54) is 0 Å². The molecule has 2 aliphatic heterocycles. The summed E-state index contributed by atoms with van der Waals surface area (Å²) in [5, 5.41) is 1.75. The Kier molecular flexibility index (Phi) is 5.15. The summed E-state index contributed by atoms with van der Waals surface area (Å²) in [6.07, 6.45) is 0. The highest BCUT2D eigenvalue weighted by Crippen LogP contribution is 2.62. The number of hydrogen-bond acceptors (Lipinski definition) is 7. The molecule has 2 aliphatic rings. The zero-order valence-corrected chi connectivity index (χ0v) is 24.2. The van der Waals surface area contributed by atoms with Crippen molar-refractivity contribution in [2.45, 2.75) is 0 Å². The predicted molar refractivity (Wildman–Crippen MR) is 178 cm³/mol. The van der Waals surface area contributed by atoms with Gasteiger partial charge in [-0.1, -0.05) is 84.9 Å². The van der Waals surface area contributed by atoms with Gasteiger partial charge in [0.15, 0.2) is 40.5 Å². The molecule has 0 radical (unpaired) electrons. The summed E-state index contributed by atoms with van der Waals surface area (Å²) in [6, 6.07) is 44.0. The Labute approximate surface area is 263 Å². The summed E-state index contributed by atoms with van der Waals surface area (Å²) in [7, 11) is 0. The number of para-hydroxylation sites is 4. The standard InChI is InChI=1S/C39H22N4O3/c1-3-11-23(12-4-1)37-40-38(24-13-5-2-6-14-24)42-39(41-37)25-19-20-29-26(21-25)34-32(44-29)22-33-35-36(34)46-31-18-10-8-16-28(31)43(35)27-15-7-9-17-30(27)45-33/h1-22H. The highest BCUT2D eigenvalue weighted by atomic mass is 16.5. The average Bonchev–Trinajstić information content (AvgIpc) is 3.49. The minimum Gasteiger partial charge on any atom is -0.456 e. The van der Waals surface area contributed by atoms with Crippen LogP contribution in [0.15, 0.2) is 138 Å². The predicted octanol–water partition coefficient (Wildman–Crippen LogP) is 10.5. The number of furan rings is 1. The van der Waals surface area contributed by atoms with E-state index in [2.05, 4.69) is 23.1 Å². The second kappa shape index (κ2) is 9.51. The lowest BCUT2D eigenvalue weighted by Crippen LogP contribution is -2.20. The third kappa shape index (κ3) is 3.69. The number of nitrogens with zero attached hydrogens (tertiary/aromatic N) is 4. The van der Waals surface area contributed by atoms with Crippen LogP contribution >= 0.6 is 0 Å². The monoisotopic (exact) mass is 594 g/mol. The lowest BCUT2D eigenvalue weighted by atomic mass is 10.0. The first-order valence-electron chi connectivity index (χ1n) is 15.0. The van der Waals surface area contributed by atoms with Gasteiger partial charge >= 0.3 is 0 Å². The van der Waals surface area contributed by atoms with Crippen molar-refractivity contribution in [3.05, 3.63) is 133 Å². The highest BCUT2D eigenvalue weighted by Gasteiger charge is 2.37. The Balaban J connectivity index is 1.21. The van der Waals surface area contributed by atoms with Gasteiger partial charge in [0.1, 0.15) is 16.9 Å². The van der Waals surface area contributed by atoms with Crippen molar-refractivity contribution in [3.63, 3.8) is 0 Å². The van der Waals surface area contributed by atoms with E-state index in [-0.39, 0.29) is 0 Å². The zero-order chi connectivity index (χ0) is 30.2. The van der Waals surface area contributed by atoms with Crippen LogP contribution in [0.3, 0.4) is 0 Å². The van der Waals surface area contributed by atoms with Gasteiger partial charge in [-0.15, -0.1) is 0 Å². The molecule has 0 fully saturated rings. The molecule has 6 aromatic carbocycles. The number of fused-ring (bicyclic) bond motifs is 8. The van der Waals surface area contributed by atoms with E-state index >= 15 is 0 Å². The number of anilines is 3. The second-order valence-corrected chi connectivity index (χ2v) is 11.3. The van der Waals surface area contributed by atoms with Crippen molar-refractivity contribution in [3.8, 4) is 57.2 Å². The van der Waals surface area contributed by atoms with Gasteiger partial charge in [0.25, 0.3) is 0 Å². The van der Waals surface area contributed by atoms with Crippen LogP contribution in [0.5, 0.6) is 23.0 Å². The van der Waals surface area contributed by atoms with Gasteiger partial charge in [0.2, 0.25) is 0 Å². The molecule has 216 valence electrons. The van der Waals surface area contributed by atoms with Crippen molar-refractivity contribution >= 4 is 39.0 Å². The van der Waals surface area contributed by atoms with Crippen molar-refractivity contribution in [2.24, 2.45) is 0 Å². The molecule has 10 rings (SSSR count). The lowest BCUT2D eigenvalue weighted by Gasteiger charge is -2.37. The number of benzene rings is 6. The van der Waals surface area contributed by atoms with Crippen LogP contribution in [0, 0.1) is 0 Å². The molecule has 0 saturated carbocycles. The van der Waals surface area contributed by atoms with E-state index in [0.29, 0.717) is 34.6 Å². The van der Waals surface area contributed by atoms with Crippen molar-refractivity contribution < 1.29 is 13.9 Å². The molecule has 0 bridgehead atoms. The fourth-order valence-electron chi connectivity index (χ4n) is 6.39. The van der Waals surface area contributed by atoms with Crippen molar-refractivity contribution in [1.82, 2.24) is 15.0 Å². The van der Waals surface area contributed by atoms with Gasteiger partial charge in [0, 0.05) is 28.1 Å². The number of rotatable bonds is 3. The SMILES string of the molecule is c1ccc(-c2nc(-c3ccccc3)nc(-c3ccc4oc5cc6c7c(c5c4c3)Oc3ccccc3N7c3ccccc3O6)n2)cc1. The van der Waals surface area contributed by atoms with E-state index in [9.17, 15) is 0 Å². The van der Waals surface area contributed by atoms with Crippen LogP contribution in [0.25, 0.3) is 56.1 Å². The molecular formula is C39H22N4O3. The number of hydrogen-bond donors (Lipinski definition) is 0. The van der Waals surface area contributed by atoms with E-state index in [1.54, 1.807) is 0 Å². The quantitative estimate of drug-likeness (QED) is 0.201. The Morgan fingerprint density at radius 2 is 1.02 bits per heavy atom. The van der Waals surface area contributed by atoms with Crippen LogP contribution in [0.4, 0.5) is 17.1 Å². The molecule has 46 heavy (non-hydrogen) atoms. The zero-order valence-electron chi connectivity index (χ0n) is 24.2. The maximum absolute atomic E-state index is 6.70. The molecule has 7 heteroatoms. The van der Waals surface area contributed by atoms with Crippen LogP contribution in [-0.4, -0.2) is 15.0 Å². The molecule has 0 unspecified atom stereocenters. The third-order valence-corrected chi connectivity index (χ3v) is 8.48. The highest BCUT2D eigenvalue weighted by molar-refractivity contribution is 6.14. The molecule has 0 saturated heterocycles.